The Morgan fingerprint density at radius 3 is 2.67 bits per heavy atom. The Balaban J connectivity index is 2.87. The number of nitrogens with zero attached hydrogens (tertiary/aromatic N) is 1. The molecular formula is C12H16Cl2N2O2. The molecule has 18 heavy (non-hydrogen) atoms. The van der Waals surface area contributed by atoms with Crippen LogP contribution in [0.15, 0.2) is 12.1 Å². The van der Waals surface area contributed by atoms with Crippen molar-refractivity contribution in [2.75, 3.05) is 6.61 Å². The van der Waals surface area contributed by atoms with E-state index >= 15 is 0 Å². The number of aliphatic hydroxyl groups is 1. The monoisotopic (exact) mass is 290 g/mol. The van der Waals surface area contributed by atoms with Gasteiger partial charge in [0.05, 0.1) is 5.56 Å². The maximum Gasteiger partial charge on any atom is 0.254 e. The van der Waals surface area contributed by atoms with Crippen molar-refractivity contribution >= 4 is 29.1 Å². The van der Waals surface area contributed by atoms with Gasteiger partial charge in [0.2, 0.25) is 0 Å². The first-order chi connectivity index (χ1) is 8.41. The average Bonchev–Trinajstić information content (AvgIpc) is 2.28. The molecular weight excluding hydrogens is 275 g/mol. The molecule has 0 aromatic carbocycles. The van der Waals surface area contributed by atoms with Crippen molar-refractivity contribution < 1.29 is 9.90 Å². The Morgan fingerprint density at radius 2 is 2.17 bits per heavy atom. The van der Waals surface area contributed by atoms with E-state index in [-0.39, 0.29) is 28.4 Å². The average molecular weight is 291 g/mol. The molecule has 0 bridgehead atoms. The van der Waals surface area contributed by atoms with Crippen LogP contribution in [0.1, 0.15) is 37.0 Å². The number of carbonyl (C=O) groups excluding carboxylic acids is 1. The SMILES string of the molecule is CCC(C)(CCO)NC(=O)c1ccc(Cl)nc1Cl. The van der Waals surface area contributed by atoms with Crippen molar-refractivity contribution in [3.05, 3.63) is 28.0 Å². The van der Waals surface area contributed by atoms with E-state index in [0.717, 1.165) is 0 Å². The van der Waals surface area contributed by atoms with Crippen molar-refractivity contribution in [3.63, 3.8) is 0 Å². The van der Waals surface area contributed by atoms with Crippen LogP contribution in [-0.2, 0) is 0 Å². The first kappa shape index (κ1) is 15.2. The Morgan fingerprint density at radius 1 is 1.50 bits per heavy atom. The summed E-state index contributed by atoms with van der Waals surface area (Å²) in [6.45, 7) is 3.83. The third kappa shape index (κ3) is 3.83. The minimum atomic E-state index is -0.463. The molecule has 0 aliphatic heterocycles. The maximum atomic E-state index is 12.1. The minimum Gasteiger partial charge on any atom is -0.396 e. The van der Waals surface area contributed by atoms with Gasteiger partial charge in [-0.25, -0.2) is 4.98 Å². The van der Waals surface area contributed by atoms with Crippen molar-refractivity contribution in [3.8, 4) is 0 Å². The molecule has 0 spiro atoms. The fraction of sp³-hybridized carbons (Fsp3) is 0.500. The predicted octanol–water partition coefficient (Wildman–Crippen LogP) is 2.67. The normalized spacial score (nSPS) is 14.1. The molecule has 0 saturated carbocycles. The Kier molecular flexibility index (Phi) is 5.38. The largest absolute Gasteiger partial charge is 0.396 e. The van der Waals surface area contributed by atoms with Crippen molar-refractivity contribution in [2.24, 2.45) is 0 Å². The number of pyridine rings is 1. The molecule has 0 aliphatic carbocycles. The van der Waals surface area contributed by atoms with Gasteiger partial charge in [0.25, 0.3) is 5.91 Å². The lowest BCUT2D eigenvalue weighted by Crippen LogP contribution is -2.46. The molecule has 0 fully saturated rings. The van der Waals surface area contributed by atoms with E-state index in [9.17, 15) is 4.79 Å². The van der Waals surface area contributed by atoms with E-state index in [1.807, 2.05) is 13.8 Å². The topological polar surface area (TPSA) is 62.2 Å². The first-order valence-electron chi connectivity index (χ1n) is 5.67. The third-order valence-electron chi connectivity index (χ3n) is 2.92. The van der Waals surface area contributed by atoms with Crippen LogP contribution < -0.4 is 5.32 Å². The van der Waals surface area contributed by atoms with Gasteiger partial charge in [0.15, 0.2) is 0 Å². The summed E-state index contributed by atoms with van der Waals surface area (Å²) in [5.74, 6) is -0.318. The molecule has 2 N–H and O–H groups in total. The fourth-order valence-electron chi connectivity index (χ4n) is 1.50. The van der Waals surface area contributed by atoms with Gasteiger partial charge in [-0.2, -0.15) is 0 Å². The molecule has 0 aliphatic rings. The van der Waals surface area contributed by atoms with Gasteiger partial charge in [-0.15, -0.1) is 0 Å². The number of halogens is 2. The van der Waals surface area contributed by atoms with Crippen LogP contribution in [0, 0.1) is 0 Å². The summed E-state index contributed by atoms with van der Waals surface area (Å²) < 4.78 is 0. The minimum absolute atomic E-state index is 0.0111. The fourth-order valence-corrected chi connectivity index (χ4v) is 1.93. The number of hydrogen-bond acceptors (Lipinski definition) is 3. The van der Waals surface area contributed by atoms with Crippen LogP contribution in [0.4, 0.5) is 0 Å². The summed E-state index contributed by atoms with van der Waals surface area (Å²) in [6, 6.07) is 3.04. The second-order valence-corrected chi connectivity index (χ2v) is 5.06. The van der Waals surface area contributed by atoms with Crippen LogP contribution >= 0.6 is 23.2 Å². The van der Waals surface area contributed by atoms with E-state index in [4.69, 9.17) is 28.3 Å². The van der Waals surface area contributed by atoms with Gasteiger partial charge in [-0.05, 0) is 31.9 Å². The van der Waals surface area contributed by atoms with Gasteiger partial charge in [-0.1, -0.05) is 30.1 Å². The molecule has 0 radical (unpaired) electrons. The first-order valence-corrected chi connectivity index (χ1v) is 6.43. The molecule has 1 heterocycles. The molecule has 1 atom stereocenters. The number of nitrogens with one attached hydrogen (secondary N) is 1. The highest BCUT2D eigenvalue weighted by Crippen LogP contribution is 2.19. The number of aliphatic hydroxyl groups excluding tert-OH is 1. The number of carbonyl (C=O) groups is 1. The lowest BCUT2D eigenvalue weighted by molar-refractivity contribution is 0.0886. The van der Waals surface area contributed by atoms with E-state index in [0.29, 0.717) is 12.8 Å². The number of aromatic nitrogens is 1. The summed E-state index contributed by atoms with van der Waals surface area (Å²) in [5, 5.41) is 12.2. The summed E-state index contributed by atoms with van der Waals surface area (Å²) >= 11 is 11.5. The van der Waals surface area contributed by atoms with Crippen molar-refractivity contribution in [2.45, 2.75) is 32.2 Å². The summed E-state index contributed by atoms with van der Waals surface area (Å²) in [7, 11) is 0. The highest BCUT2D eigenvalue weighted by atomic mass is 35.5. The molecule has 0 saturated heterocycles. The molecule has 1 aromatic heterocycles. The zero-order valence-electron chi connectivity index (χ0n) is 10.3. The Bertz CT molecular complexity index is 440. The van der Waals surface area contributed by atoms with Crippen LogP contribution in [0.5, 0.6) is 0 Å². The van der Waals surface area contributed by atoms with Crippen LogP contribution in [0.3, 0.4) is 0 Å². The summed E-state index contributed by atoms with van der Waals surface area (Å²) in [6.07, 6.45) is 1.19. The Labute approximate surface area is 116 Å². The van der Waals surface area contributed by atoms with Gasteiger partial charge in [0, 0.05) is 12.1 Å². The molecule has 6 heteroatoms. The lowest BCUT2D eigenvalue weighted by atomic mass is 9.94. The van der Waals surface area contributed by atoms with Crippen LogP contribution in [-0.4, -0.2) is 28.1 Å². The molecule has 1 amide bonds. The van der Waals surface area contributed by atoms with Gasteiger partial charge in [-0.3, -0.25) is 4.79 Å². The van der Waals surface area contributed by atoms with Crippen LogP contribution in [0.25, 0.3) is 0 Å². The zero-order chi connectivity index (χ0) is 13.8. The molecule has 1 unspecified atom stereocenters. The van der Waals surface area contributed by atoms with E-state index < -0.39 is 5.54 Å². The number of hydrogen-bond donors (Lipinski definition) is 2. The second kappa shape index (κ2) is 6.36. The Hall–Kier alpha value is -0.840. The van der Waals surface area contributed by atoms with E-state index in [1.54, 1.807) is 0 Å². The van der Waals surface area contributed by atoms with E-state index in [2.05, 4.69) is 10.3 Å². The van der Waals surface area contributed by atoms with Gasteiger partial charge < -0.3 is 10.4 Å². The predicted molar refractivity (Wildman–Crippen MR) is 72.1 cm³/mol. The molecule has 100 valence electrons. The quantitative estimate of drug-likeness (QED) is 0.820. The van der Waals surface area contributed by atoms with Crippen molar-refractivity contribution in [1.82, 2.24) is 10.3 Å². The van der Waals surface area contributed by atoms with Crippen molar-refractivity contribution in [1.29, 1.82) is 0 Å². The number of amides is 1. The standard InChI is InChI=1S/C12H16Cl2N2O2/c1-3-12(2,6-7-17)16-11(18)8-4-5-9(13)15-10(8)14/h4-5,17H,3,6-7H2,1-2H3,(H,16,18). The zero-order valence-corrected chi connectivity index (χ0v) is 11.8. The summed E-state index contributed by atoms with van der Waals surface area (Å²) in [5.41, 5.74) is -0.187. The smallest absolute Gasteiger partial charge is 0.254 e. The van der Waals surface area contributed by atoms with Gasteiger partial charge in [0.1, 0.15) is 10.3 Å². The molecule has 4 nitrogen and oxygen atoms in total. The van der Waals surface area contributed by atoms with E-state index in [1.165, 1.54) is 12.1 Å². The highest BCUT2D eigenvalue weighted by molar-refractivity contribution is 6.34. The number of rotatable bonds is 5. The lowest BCUT2D eigenvalue weighted by Gasteiger charge is -2.29. The maximum absolute atomic E-state index is 12.1. The molecule has 1 rings (SSSR count). The van der Waals surface area contributed by atoms with Crippen LogP contribution in [0.2, 0.25) is 10.3 Å². The molecule has 1 aromatic rings. The second-order valence-electron chi connectivity index (χ2n) is 4.31. The van der Waals surface area contributed by atoms with Gasteiger partial charge >= 0.3 is 0 Å². The summed E-state index contributed by atoms with van der Waals surface area (Å²) in [4.78, 5) is 15.9. The highest BCUT2D eigenvalue weighted by Gasteiger charge is 2.25. The third-order valence-corrected chi connectivity index (χ3v) is 3.42.